The number of carbonyl (C=O) groups is 1. The molecule has 32 heavy (non-hydrogen) atoms. The van der Waals surface area contributed by atoms with E-state index in [0.717, 1.165) is 11.3 Å². The lowest BCUT2D eigenvalue weighted by atomic mass is 10.2. The van der Waals surface area contributed by atoms with Crippen LogP contribution in [-0.2, 0) is 9.53 Å². The standard InChI is InChI=1S/C22H19N5O3.C2H6/c1-29-17-9-5-6-15(12-17)20-24-21(26-10-11-30-14-19(26)28)18-13-23-27(22(18)25-20)16-7-3-2-4-8-16;1-2/h2-9,12-13H,10-11,14H2,1H3;1-2H3. The lowest BCUT2D eigenvalue weighted by Gasteiger charge is -2.26. The molecule has 4 aromatic rings. The third-order valence-corrected chi connectivity index (χ3v) is 4.98. The van der Waals surface area contributed by atoms with E-state index in [2.05, 4.69) is 5.10 Å². The summed E-state index contributed by atoms with van der Waals surface area (Å²) in [6.07, 6.45) is 1.70. The Morgan fingerprint density at radius 1 is 1.03 bits per heavy atom. The first-order chi connectivity index (χ1) is 15.7. The van der Waals surface area contributed by atoms with Gasteiger partial charge in [0.25, 0.3) is 5.91 Å². The molecule has 1 saturated heterocycles. The second-order valence-electron chi connectivity index (χ2n) is 6.83. The van der Waals surface area contributed by atoms with Crippen molar-refractivity contribution in [2.75, 3.05) is 31.8 Å². The zero-order valence-electron chi connectivity index (χ0n) is 18.4. The fraction of sp³-hybridized carbons (Fsp3) is 0.250. The number of amides is 1. The number of fused-ring (bicyclic) bond motifs is 1. The quantitative estimate of drug-likeness (QED) is 0.488. The van der Waals surface area contributed by atoms with Crippen molar-refractivity contribution in [2.24, 2.45) is 0 Å². The van der Waals surface area contributed by atoms with Gasteiger partial charge >= 0.3 is 0 Å². The molecule has 3 heterocycles. The fourth-order valence-electron chi connectivity index (χ4n) is 3.49. The minimum atomic E-state index is -0.134. The molecule has 1 aliphatic rings. The molecule has 0 spiro atoms. The highest BCUT2D eigenvalue weighted by molar-refractivity contribution is 6.02. The summed E-state index contributed by atoms with van der Waals surface area (Å²) >= 11 is 0. The Morgan fingerprint density at radius 2 is 1.84 bits per heavy atom. The van der Waals surface area contributed by atoms with Crippen LogP contribution in [0.1, 0.15) is 13.8 Å². The highest BCUT2D eigenvalue weighted by Crippen LogP contribution is 2.30. The van der Waals surface area contributed by atoms with Gasteiger partial charge in [-0.3, -0.25) is 9.69 Å². The molecule has 8 heteroatoms. The van der Waals surface area contributed by atoms with Gasteiger partial charge in [-0.05, 0) is 24.3 Å². The minimum absolute atomic E-state index is 0.0345. The molecule has 0 aliphatic carbocycles. The van der Waals surface area contributed by atoms with E-state index >= 15 is 0 Å². The van der Waals surface area contributed by atoms with Gasteiger partial charge in [0.15, 0.2) is 17.3 Å². The second-order valence-corrected chi connectivity index (χ2v) is 6.83. The first-order valence-corrected chi connectivity index (χ1v) is 10.6. The third-order valence-electron chi connectivity index (χ3n) is 4.98. The van der Waals surface area contributed by atoms with Crippen molar-refractivity contribution in [1.82, 2.24) is 19.7 Å². The summed E-state index contributed by atoms with van der Waals surface area (Å²) in [6, 6.07) is 17.3. The Bertz CT molecular complexity index is 1220. The Balaban J connectivity index is 0.00000119. The molecule has 1 aliphatic heterocycles. The number of ether oxygens (including phenoxy) is 2. The first-order valence-electron chi connectivity index (χ1n) is 10.6. The summed E-state index contributed by atoms with van der Waals surface area (Å²) in [5.41, 5.74) is 2.30. The molecule has 2 aromatic carbocycles. The summed E-state index contributed by atoms with van der Waals surface area (Å²) in [4.78, 5) is 23.8. The number of methoxy groups -OCH3 is 1. The summed E-state index contributed by atoms with van der Waals surface area (Å²) in [6.45, 7) is 4.92. The molecular weight excluding hydrogens is 406 g/mol. The maximum Gasteiger partial charge on any atom is 0.254 e. The SMILES string of the molecule is CC.COc1cccc(-c2nc(N3CCOCC3=O)c3cnn(-c4ccccc4)c3n2)c1. The summed E-state index contributed by atoms with van der Waals surface area (Å²) in [7, 11) is 1.62. The largest absolute Gasteiger partial charge is 0.497 e. The number of hydrogen-bond acceptors (Lipinski definition) is 6. The van der Waals surface area contributed by atoms with Crippen molar-refractivity contribution >= 4 is 22.8 Å². The molecule has 0 saturated carbocycles. The number of rotatable bonds is 4. The highest BCUT2D eigenvalue weighted by atomic mass is 16.5. The van der Waals surface area contributed by atoms with Crippen molar-refractivity contribution in [3.8, 4) is 22.8 Å². The van der Waals surface area contributed by atoms with Crippen LogP contribution in [0.3, 0.4) is 0 Å². The summed E-state index contributed by atoms with van der Waals surface area (Å²) in [5, 5.41) is 5.24. The molecule has 2 aromatic heterocycles. The summed E-state index contributed by atoms with van der Waals surface area (Å²) < 4.78 is 12.4. The van der Waals surface area contributed by atoms with E-state index in [1.807, 2.05) is 68.4 Å². The van der Waals surface area contributed by atoms with Crippen molar-refractivity contribution < 1.29 is 14.3 Å². The monoisotopic (exact) mass is 431 g/mol. The Hall–Kier alpha value is -3.78. The van der Waals surface area contributed by atoms with Gasteiger partial charge < -0.3 is 9.47 Å². The fourth-order valence-corrected chi connectivity index (χ4v) is 3.49. The van der Waals surface area contributed by atoms with Crippen molar-refractivity contribution in [1.29, 1.82) is 0 Å². The molecule has 0 N–H and O–H groups in total. The molecule has 0 radical (unpaired) electrons. The average Bonchev–Trinajstić information content (AvgIpc) is 3.30. The number of para-hydroxylation sites is 1. The van der Waals surface area contributed by atoms with Gasteiger partial charge in [-0.1, -0.05) is 44.2 Å². The van der Waals surface area contributed by atoms with Crippen LogP contribution in [0, 0.1) is 0 Å². The molecule has 8 nitrogen and oxygen atoms in total. The Labute approximate surface area is 186 Å². The number of benzene rings is 2. The number of carbonyl (C=O) groups excluding carboxylic acids is 1. The Morgan fingerprint density at radius 3 is 2.59 bits per heavy atom. The van der Waals surface area contributed by atoms with E-state index in [1.54, 1.807) is 22.9 Å². The molecular formula is C24H25N5O3. The zero-order chi connectivity index (χ0) is 22.5. The lowest BCUT2D eigenvalue weighted by molar-refractivity contribution is -0.125. The number of morpholine rings is 1. The molecule has 5 rings (SSSR count). The lowest BCUT2D eigenvalue weighted by Crippen LogP contribution is -2.42. The van der Waals surface area contributed by atoms with Gasteiger partial charge in [0, 0.05) is 5.56 Å². The van der Waals surface area contributed by atoms with Gasteiger partial charge in [-0.2, -0.15) is 5.10 Å². The first kappa shape index (κ1) is 21.5. The number of nitrogens with zero attached hydrogens (tertiary/aromatic N) is 5. The van der Waals surface area contributed by atoms with Crippen LogP contribution in [0.4, 0.5) is 5.82 Å². The molecule has 0 unspecified atom stereocenters. The maximum absolute atomic E-state index is 12.6. The highest BCUT2D eigenvalue weighted by Gasteiger charge is 2.26. The van der Waals surface area contributed by atoms with Gasteiger partial charge in [0.1, 0.15) is 12.4 Å². The minimum Gasteiger partial charge on any atom is -0.497 e. The maximum atomic E-state index is 12.6. The van der Waals surface area contributed by atoms with E-state index < -0.39 is 0 Å². The normalized spacial score (nSPS) is 13.6. The molecule has 0 atom stereocenters. The van der Waals surface area contributed by atoms with Crippen LogP contribution in [0.25, 0.3) is 28.1 Å². The average molecular weight is 431 g/mol. The summed E-state index contributed by atoms with van der Waals surface area (Å²) in [5.74, 6) is 1.60. The second kappa shape index (κ2) is 9.57. The number of hydrogen-bond donors (Lipinski definition) is 0. The van der Waals surface area contributed by atoms with Crippen molar-refractivity contribution in [3.63, 3.8) is 0 Å². The predicted molar refractivity (Wildman–Crippen MR) is 123 cm³/mol. The van der Waals surface area contributed by atoms with Gasteiger partial charge in [-0.15, -0.1) is 0 Å². The smallest absolute Gasteiger partial charge is 0.254 e. The van der Waals surface area contributed by atoms with E-state index in [0.29, 0.717) is 41.6 Å². The molecule has 164 valence electrons. The number of anilines is 1. The van der Waals surface area contributed by atoms with Crippen molar-refractivity contribution in [2.45, 2.75) is 13.8 Å². The zero-order valence-corrected chi connectivity index (χ0v) is 18.4. The third kappa shape index (κ3) is 4.04. The molecule has 0 bridgehead atoms. The predicted octanol–water partition coefficient (Wildman–Crippen LogP) is 3.88. The van der Waals surface area contributed by atoms with E-state index in [9.17, 15) is 4.79 Å². The van der Waals surface area contributed by atoms with E-state index in [1.165, 1.54) is 0 Å². The van der Waals surface area contributed by atoms with Crippen molar-refractivity contribution in [3.05, 3.63) is 60.8 Å². The van der Waals surface area contributed by atoms with Crippen LogP contribution >= 0.6 is 0 Å². The number of aromatic nitrogens is 4. The molecule has 1 amide bonds. The topological polar surface area (TPSA) is 82.4 Å². The van der Waals surface area contributed by atoms with Crippen LogP contribution in [0.2, 0.25) is 0 Å². The van der Waals surface area contributed by atoms with Crippen LogP contribution in [0.15, 0.2) is 60.8 Å². The van der Waals surface area contributed by atoms with Crippen LogP contribution < -0.4 is 9.64 Å². The van der Waals surface area contributed by atoms with Gasteiger partial charge in [-0.25, -0.2) is 14.6 Å². The van der Waals surface area contributed by atoms with Gasteiger partial charge in [0.05, 0.1) is 37.5 Å². The van der Waals surface area contributed by atoms with Crippen LogP contribution in [0.5, 0.6) is 5.75 Å². The Kier molecular flexibility index (Phi) is 6.42. The van der Waals surface area contributed by atoms with E-state index in [4.69, 9.17) is 19.4 Å². The van der Waals surface area contributed by atoms with E-state index in [-0.39, 0.29) is 12.5 Å². The molecule has 1 fully saturated rings. The van der Waals surface area contributed by atoms with Gasteiger partial charge in [0.2, 0.25) is 0 Å². The van der Waals surface area contributed by atoms with Crippen LogP contribution in [-0.4, -0.2) is 52.5 Å².